The van der Waals surface area contributed by atoms with E-state index >= 15 is 0 Å². The van der Waals surface area contributed by atoms with Crippen molar-refractivity contribution in [3.05, 3.63) is 77.9 Å². The first-order chi connectivity index (χ1) is 18.0. The normalized spacial score (nSPS) is 14.5. The van der Waals surface area contributed by atoms with Crippen molar-refractivity contribution in [2.45, 2.75) is 57.5 Å². The third kappa shape index (κ3) is 6.07. The summed E-state index contributed by atoms with van der Waals surface area (Å²) in [6.07, 6.45) is 10.4. The van der Waals surface area contributed by atoms with E-state index in [-0.39, 0.29) is 17.6 Å². The van der Waals surface area contributed by atoms with E-state index in [0.29, 0.717) is 22.7 Å². The molecule has 1 aromatic heterocycles. The number of hydrogen-bond acceptors (Lipinski definition) is 6. The summed E-state index contributed by atoms with van der Waals surface area (Å²) in [5.41, 5.74) is 2.47. The number of hydrogen-bond donors (Lipinski definition) is 1. The average Bonchev–Trinajstić information content (AvgIpc) is 2.96. The molecule has 0 saturated heterocycles. The maximum Gasteiger partial charge on any atom is 0.279 e. The minimum absolute atomic E-state index is 0.0693. The molecule has 0 bridgehead atoms. The predicted molar refractivity (Wildman–Crippen MR) is 142 cm³/mol. The van der Waals surface area contributed by atoms with Gasteiger partial charge in [0.15, 0.2) is 11.5 Å². The van der Waals surface area contributed by atoms with Crippen LogP contribution in [0.15, 0.2) is 61.1 Å². The summed E-state index contributed by atoms with van der Waals surface area (Å²) in [7, 11) is 3.11. The molecule has 2 aromatic carbocycles. The van der Waals surface area contributed by atoms with Crippen LogP contribution in [0.25, 0.3) is 0 Å². The molecule has 2 amide bonds. The molecular formula is C29H34N4O4. The lowest BCUT2D eigenvalue weighted by Crippen LogP contribution is -2.47. The van der Waals surface area contributed by atoms with Gasteiger partial charge in [0.1, 0.15) is 11.7 Å². The molecule has 1 unspecified atom stereocenters. The fraction of sp³-hybridized carbons (Fsp3) is 0.379. The van der Waals surface area contributed by atoms with E-state index in [4.69, 9.17) is 9.47 Å². The molecule has 1 saturated carbocycles. The maximum atomic E-state index is 14.0. The molecule has 4 rings (SSSR count). The highest BCUT2D eigenvalue weighted by atomic mass is 16.5. The third-order valence-corrected chi connectivity index (χ3v) is 6.81. The number of carbonyl (C=O) groups excluding carboxylic acids is 2. The van der Waals surface area contributed by atoms with Gasteiger partial charge in [-0.2, -0.15) is 0 Å². The molecule has 1 atom stereocenters. The van der Waals surface area contributed by atoms with Crippen LogP contribution in [-0.2, 0) is 11.2 Å². The second-order valence-electron chi connectivity index (χ2n) is 9.15. The van der Waals surface area contributed by atoms with Gasteiger partial charge >= 0.3 is 0 Å². The van der Waals surface area contributed by atoms with Crippen molar-refractivity contribution in [1.29, 1.82) is 0 Å². The quantitative estimate of drug-likeness (QED) is 0.448. The van der Waals surface area contributed by atoms with Crippen LogP contribution in [0.2, 0.25) is 0 Å². The van der Waals surface area contributed by atoms with Gasteiger partial charge in [0.05, 0.1) is 20.4 Å². The highest BCUT2D eigenvalue weighted by Gasteiger charge is 2.35. The smallest absolute Gasteiger partial charge is 0.279 e. The zero-order valence-electron chi connectivity index (χ0n) is 21.6. The number of aryl methyl sites for hydroxylation is 1. The van der Waals surface area contributed by atoms with Gasteiger partial charge in [0.2, 0.25) is 5.91 Å². The monoisotopic (exact) mass is 502 g/mol. The van der Waals surface area contributed by atoms with Gasteiger partial charge in [0, 0.05) is 24.1 Å². The number of rotatable bonds is 9. The molecule has 8 heteroatoms. The molecule has 0 radical (unpaired) electrons. The fourth-order valence-electron chi connectivity index (χ4n) is 4.78. The Bertz CT molecular complexity index is 1190. The molecule has 1 N–H and O–H groups in total. The molecule has 1 fully saturated rings. The number of benzene rings is 2. The van der Waals surface area contributed by atoms with Gasteiger partial charge in [-0.15, -0.1) is 0 Å². The van der Waals surface area contributed by atoms with Crippen LogP contribution in [0.1, 0.15) is 66.7 Å². The molecule has 8 nitrogen and oxygen atoms in total. The number of methoxy groups -OCH3 is 2. The van der Waals surface area contributed by atoms with Crippen LogP contribution in [0, 0.1) is 0 Å². The lowest BCUT2D eigenvalue weighted by molar-refractivity contribution is -0.123. The van der Waals surface area contributed by atoms with Crippen molar-refractivity contribution < 1.29 is 19.1 Å². The van der Waals surface area contributed by atoms with Crippen molar-refractivity contribution in [3.8, 4) is 11.5 Å². The van der Waals surface area contributed by atoms with Crippen LogP contribution in [0.3, 0.4) is 0 Å². The first-order valence-corrected chi connectivity index (χ1v) is 12.8. The van der Waals surface area contributed by atoms with E-state index in [2.05, 4.69) is 22.2 Å². The van der Waals surface area contributed by atoms with Gasteiger partial charge in [-0.05, 0) is 54.7 Å². The van der Waals surface area contributed by atoms with Gasteiger partial charge in [-0.25, -0.2) is 4.98 Å². The lowest BCUT2D eigenvalue weighted by atomic mass is 9.94. The SMILES string of the molecule is CCc1ccc(N(C(=O)c2cnccn2)C(C(=O)NC2CCCCC2)c2ccc(OC)c(OC)c2)cc1. The second kappa shape index (κ2) is 12.3. The highest BCUT2D eigenvalue weighted by molar-refractivity contribution is 6.09. The van der Waals surface area contributed by atoms with Gasteiger partial charge in [-0.1, -0.05) is 44.4 Å². The van der Waals surface area contributed by atoms with Crippen LogP contribution >= 0.6 is 0 Å². The van der Waals surface area contributed by atoms with E-state index in [1.807, 2.05) is 24.3 Å². The molecule has 1 heterocycles. The van der Waals surface area contributed by atoms with E-state index in [9.17, 15) is 9.59 Å². The van der Waals surface area contributed by atoms with E-state index < -0.39 is 11.9 Å². The first-order valence-electron chi connectivity index (χ1n) is 12.8. The van der Waals surface area contributed by atoms with E-state index in [0.717, 1.165) is 37.7 Å². The standard InChI is InChI=1S/C29H34N4O4/c1-4-20-10-13-23(14-11-20)33(29(35)24-19-30-16-17-31-24)27(28(34)32-22-8-6-5-7-9-22)21-12-15-25(36-2)26(18-21)37-3/h10-19,22,27H,4-9H2,1-3H3,(H,32,34). The molecule has 1 aliphatic carbocycles. The van der Waals surface area contributed by atoms with E-state index in [1.165, 1.54) is 29.9 Å². The Labute approximate surface area is 218 Å². The number of carbonyl (C=O) groups is 2. The molecule has 37 heavy (non-hydrogen) atoms. The zero-order valence-corrected chi connectivity index (χ0v) is 21.6. The van der Waals surface area contributed by atoms with Gasteiger partial charge in [-0.3, -0.25) is 19.5 Å². The number of amides is 2. The van der Waals surface area contributed by atoms with Crippen LogP contribution < -0.4 is 19.7 Å². The Morgan fingerprint density at radius 1 is 1.00 bits per heavy atom. The van der Waals surface area contributed by atoms with Gasteiger partial charge < -0.3 is 14.8 Å². The Balaban J connectivity index is 1.84. The number of anilines is 1. The predicted octanol–water partition coefficient (Wildman–Crippen LogP) is 4.89. The fourth-order valence-corrected chi connectivity index (χ4v) is 4.78. The third-order valence-electron chi connectivity index (χ3n) is 6.81. The molecule has 0 aliphatic heterocycles. The molecular weight excluding hydrogens is 468 g/mol. The van der Waals surface area contributed by atoms with Crippen molar-refractivity contribution in [2.75, 3.05) is 19.1 Å². The summed E-state index contributed by atoms with van der Waals surface area (Å²) in [6, 6.07) is 12.1. The minimum Gasteiger partial charge on any atom is -0.493 e. The molecule has 194 valence electrons. The summed E-state index contributed by atoms with van der Waals surface area (Å²) >= 11 is 0. The first kappa shape index (κ1) is 26.1. The molecule has 0 spiro atoms. The average molecular weight is 503 g/mol. The summed E-state index contributed by atoms with van der Waals surface area (Å²) in [6.45, 7) is 2.07. The lowest BCUT2D eigenvalue weighted by Gasteiger charge is -2.33. The second-order valence-corrected chi connectivity index (χ2v) is 9.15. The van der Waals surface area contributed by atoms with Crippen LogP contribution in [0.4, 0.5) is 5.69 Å². The van der Waals surface area contributed by atoms with Crippen LogP contribution in [-0.4, -0.2) is 42.0 Å². The summed E-state index contributed by atoms with van der Waals surface area (Å²) in [5, 5.41) is 3.22. The van der Waals surface area contributed by atoms with Crippen molar-refractivity contribution in [1.82, 2.24) is 15.3 Å². The Morgan fingerprint density at radius 2 is 1.73 bits per heavy atom. The molecule has 3 aromatic rings. The van der Waals surface area contributed by atoms with Crippen molar-refractivity contribution in [3.63, 3.8) is 0 Å². The number of nitrogens with zero attached hydrogens (tertiary/aromatic N) is 3. The van der Waals surface area contributed by atoms with Crippen molar-refractivity contribution >= 4 is 17.5 Å². The Hall–Kier alpha value is -3.94. The van der Waals surface area contributed by atoms with Gasteiger partial charge in [0.25, 0.3) is 5.91 Å². The van der Waals surface area contributed by atoms with E-state index in [1.54, 1.807) is 32.4 Å². The Kier molecular flexibility index (Phi) is 8.72. The topological polar surface area (TPSA) is 93.7 Å². The number of aromatic nitrogens is 2. The summed E-state index contributed by atoms with van der Waals surface area (Å²) in [4.78, 5) is 37.8. The van der Waals surface area contributed by atoms with Crippen molar-refractivity contribution in [2.24, 2.45) is 0 Å². The largest absolute Gasteiger partial charge is 0.493 e. The molecule has 1 aliphatic rings. The number of nitrogens with one attached hydrogen (secondary N) is 1. The zero-order chi connectivity index (χ0) is 26.2. The maximum absolute atomic E-state index is 14.0. The number of ether oxygens (including phenoxy) is 2. The highest BCUT2D eigenvalue weighted by Crippen LogP contribution is 2.35. The minimum atomic E-state index is -0.969. The Morgan fingerprint density at radius 3 is 2.35 bits per heavy atom. The van der Waals surface area contributed by atoms with Crippen LogP contribution in [0.5, 0.6) is 11.5 Å². The summed E-state index contributed by atoms with van der Waals surface area (Å²) < 4.78 is 11.0. The summed E-state index contributed by atoms with van der Waals surface area (Å²) in [5.74, 6) is 0.340.